The van der Waals surface area contributed by atoms with Crippen molar-refractivity contribution in [2.45, 2.75) is 6.61 Å². The molecule has 2 aromatic carbocycles. The predicted molar refractivity (Wildman–Crippen MR) is 105 cm³/mol. The molecule has 3 rings (SSSR count). The lowest BCUT2D eigenvalue weighted by atomic mass is 10.1. The van der Waals surface area contributed by atoms with Crippen molar-refractivity contribution in [1.29, 1.82) is 0 Å². The second-order valence-corrected chi connectivity index (χ2v) is 6.64. The Morgan fingerprint density at radius 2 is 1.68 bits per heavy atom. The molecular formula is C20H17BrO7. The van der Waals surface area contributed by atoms with E-state index >= 15 is 0 Å². The van der Waals surface area contributed by atoms with Gasteiger partial charge in [0.25, 0.3) is 0 Å². The number of carbonyl (C=O) groups is 1. The predicted octanol–water partition coefficient (Wildman–Crippen LogP) is 3.94. The Bertz CT molecular complexity index is 1060. The van der Waals surface area contributed by atoms with Crippen molar-refractivity contribution in [3.05, 3.63) is 62.4 Å². The second-order valence-electron chi connectivity index (χ2n) is 5.72. The first kappa shape index (κ1) is 19.8. The summed E-state index contributed by atoms with van der Waals surface area (Å²) in [5.41, 5.74) is 0.647. The van der Waals surface area contributed by atoms with Gasteiger partial charge in [0.2, 0.25) is 5.75 Å². The number of hydrogen-bond acceptors (Lipinski definition) is 7. The molecule has 0 aliphatic heterocycles. The fourth-order valence-electron chi connectivity index (χ4n) is 2.75. The highest BCUT2D eigenvalue weighted by atomic mass is 79.9. The highest BCUT2D eigenvalue weighted by molar-refractivity contribution is 9.10. The summed E-state index contributed by atoms with van der Waals surface area (Å²) in [5.74, 6) is 0.449. The van der Waals surface area contributed by atoms with E-state index in [1.165, 1.54) is 39.5 Å². The van der Waals surface area contributed by atoms with Crippen LogP contribution in [0.15, 0.2) is 50.1 Å². The number of ether oxygens (including phenoxy) is 4. The minimum Gasteiger partial charge on any atom is -0.493 e. The fourth-order valence-corrected chi connectivity index (χ4v) is 3.09. The molecule has 0 aliphatic rings. The Balaban J connectivity index is 1.89. The van der Waals surface area contributed by atoms with Gasteiger partial charge < -0.3 is 23.4 Å². The van der Waals surface area contributed by atoms with Crippen LogP contribution in [-0.4, -0.2) is 27.3 Å². The summed E-state index contributed by atoms with van der Waals surface area (Å²) in [6.45, 7) is -0.0980. The Morgan fingerprint density at radius 3 is 2.29 bits per heavy atom. The molecule has 28 heavy (non-hydrogen) atoms. The summed E-state index contributed by atoms with van der Waals surface area (Å²) in [7, 11) is 4.39. The number of hydrogen-bond donors (Lipinski definition) is 0. The maximum atomic E-state index is 12.5. The zero-order valence-corrected chi connectivity index (χ0v) is 17.0. The van der Waals surface area contributed by atoms with Crippen LogP contribution in [-0.2, 0) is 11.3 Å². The molecule has 3 aromatic rings. The zero-order chi connectivity index (χ0) is 20.3. The van der Waals surface area contributed by atoms with E-state index in [0.29, 0.717) is 33.8 Å². The number of fused-ring (bicyclic) bond motifs is 1. The first-order valence-electron chi connectivity index (χ1n) is 8.16. The van der Waals surface area contributed by atoms with E-state index in [4.69, 9.17) is 23.4 Å². The van der Waals surface area contributed by atoms with Crippen molar-refractivity contribution < 1.29 is 28.2 Å². The molecule has 0 spiro atoms. The van der Waals surface area contributed by atoms with Crippen molar-refractivity contribution in [1.82, 2.24) is 0 Å². The van der Waals surface area contributed by atoms with Crippen LogP contribution < -0.4 is 19.8 Å². The van der Waals surface area contributed by atoms with Crippen LogP contribution in [0, 0.1) is 0 Å². The third kappa shape index (κ3) is 3.96. The SMILES string of the molecule is COc1cc(C(=O)OCc2cc(=O)oc3cc(Br)ccc23)cc(OC)c1OC. The Hall–Kier alpha value is -3.00. The molecule has 0 radical (unpaired) electrons. The van der Waals surface area contributed by atoms with Gasteiger partial charge in [0, 0.05) is 21.5 Å². The lowest BCUT2D eigenvalue weighted by Gasteiger charge is -2.14. The quantitative estimate of drug-likeness (QED) is 0.417. The molecule has 0 unspecified atom stereocenters. The Labute approximate surface area is 168 Å². The van der Waals surface area contributed by atoms with E-state index in [2.05, 4.69) is 15.9 Å². The highest BCUT2D eigenvalue weighted by Crippen LogP contribution is 2.38. The topological polar surface area (TPSA) is 84.2 Å². The normalized spacial score (nSPS) is 10.6. The number of esters is 1. The third-order valence-electron chi connectivity index (χ3n) is 4.05. The van der Waals surface area contributed by atoms with Gasteiger partial charge in [0.05, 0.1) is 26.9 Å². The number of methoxy groups -OCH3 is 3. The standard InChI is InChI=1S/C20H17BrO7/c1-24-16-6-11(7-17(25-2)19(16)26-3)20(23)27-10-12-8-18(22)28-15-9-13(21)4-5-14(12)15/h4-9H,10H2,1-3H3. The molecule has 0 saturated heterocycles. The van der Waals surface area contributed by atoms with Gasteiger partial charge in [0.1, 0.15) is 12.2 Å². The first-order valence-corrected chi connectivity index (χ1v) is 8.95. The summed E-state index contributed by atoms with van der Waals surface area (Å²) in [4.78, 5) is 24.3. The first-order chi connectivity index (χ1) is 13.5. The maximum absolute atomic E-state index is 12.5. The molecule has 1 aromatic heterocycles. The summed E-state index contributed by atoms with van der Waals surface area (Å²) in [6.07, 6.45) is 0. The molecule has 0 fully saturated rings. The summed E-state index contributed by atoms with van der Waals surface area (Å²) >= 11 is 3.33. The average Bonchev–Trinajstić information content (AvgIpc) is 2.69. The van der Waals surface area contributed by atoms with Gasteiger partial charge in [-0.2, -0.15) is 0 Å². The van der Waals surface area contributed by atoms with Gasteiger partial charge in [-0.3, -0.25) is 0 Å². The number of halogens is 1. The molecule has 0 atom stereocenters. The minimum atomic E-state index is -0.599. The van der Waals surface area contributed by atoms with Gasteiger partial charge >= 0.3 is 11.6 Å². The van der Waals surface area contributed by atoms with E-state index in [1.807, 2.05) is 6.07 Å². The zero-order valence-electron chi connectivity index (χ0n) is 15.4. The number of rotatable bonds is 6. The molecule has 8 heteroatoms. The highest BCUT2D eigenvalue weighted by Gasteiger charge is 2.18. The van der Waals surface area contributed by atoms with Crippen molar-refractivity contribution in [2.75, 3.05) is 21.3 Å². The van der Waals surface area contributed by atoms with Gasteiger partial charge in [0.15, 0.2) is 11.5 Å². The van der Waals surface area contributed by atoms with Crippen molar-refractivity contribution in [3.8, 4) is 17.2 Å². The van der Waals surface area contributed by atoms with Gasteiger partial charge in [-0.1, -0.05) is 15.9 Å². The molecule has 0 aliphatic carbocycles. The minimum absolute atomic E-state index is 0.0980. The molecule has 0 amide bonds. The molecule has 1 heterocycles. The Morgan fingerprint density at radius 1 is 1.00 bits per heavy atom. The van der Waals surface area contributed by atoms with E-state index < -0.39 is 11.6 Å². The van der Waals surface area contributed by atoms with Crippen LogP contribution in [0.1, 0.15) is 15.9 Å². The molecular weight excluding hydrogens is 432 g/mol. The van der Waals surface area contributed by atoms with Gasteiger partial charge in [-0.05, 0) is 30.3 Å². The van der Waals surface area contributed by atoms with Crippen LogP contribution in [0.25, 0.3) is 11.0 Å². The molecule has 0 N–H and O–H groups in total. The molecule has 0 bridgehead atoms. The lowest BCUT2D eigenvalue weighted by molar-refractivity contribution is 0.0473. The van der Waals surface area contributed by atoms with Gasteiger partial charge in [-0.15, -0.1) is 0 Å². The van der Waals surface area contributed by atoms with Crippen LogP contribution in [0.2, 0.25) is 0 Å². The molecule has 146 valence electrons. The number of carbonyl (C=O) groups excluding carboxylic acids is 1. The number of benzene rings is 2. The second kappa shape index (κ2) is 8.35. The smallest absolute Gasteiger partial charge is 0.338 e. The fraction of sp³-hybridized carbons (Fsp3) is 0.200. The van der Waals surface area contributed by atoms with Crippen LogP contribution in [0.5, 0.6) is 17.2 Å². The van der Waals surface area contributed by atoms with E-state index in [1.54, 1.807) is 12.1 Å². The van der Waals surface area contributed by atoms with Crippen molar-refractivity contribution >= 4 is 32.9 Å². The van der Waals surface area contributed by atoms with Crippen molar-refractivity contribution in [3.63, 3.8) is 0 Å². The molecule has 7 nitrogen and oxygen atoms in total. The van der Waals surface area contributed by atoms with Gasteiger partial charge in [-0.25, -0.2) is 9.59 Å². The van der Waals surface area contributed by atoms with E-state index in [0.717, 1.165) is 4.47 Å². The average molecular weight is 449 g/mol. The van der Waals surface area contributed by atoms with Crippen LogP contribution >= 0.6 is 15.9 Å². The Kier molecular flexibility index (Phi) is 5.89. The lowest BCUT2D eigenvalue weighted by Crippen LogP contribution is -2.09. The summed E-state index contributed by atoms with van der Waals surface area (Å²) in [5, 5.41) is 0.681. The van der Waals surface area contributed by atoms with Crippen molar-refractivity contribution in [2.24, 2.45) is 0 Å². The monoisotopic (exact) mass is 448 g/mol. The largest absolute Gasteiger partial charge is 0.493 e. The van der Waals surface area contributed by atoms with Crippen LogP contribution in [0.3, 0.4) is 0 Å². The molecule has 0 saturated carbocycles. The summed E-state index contributed by atoms with van der Waals surface area (Å²) < 4.78 is 27.1. The van der Waals surface area contributed by atoms with E-state index in [-0.39, 0.29) is 12.2 Å². The van der Waals surface area contributed by atoms with Crippen LogP contribution in [0.4, 0.5) is 0 Å². The van der Waals surface area contributed by atoms with E-state index in [9.17, 15) is 9.59 Å². The summed E-state index contributed by atoms with van der Waals surface area (Å²) in [6, 6.07) is 9.58. The third-order valence-corrected chi connectivity index (χ3v) is 4.54. The maximum Gasteiger partial charge on any atom is 0.338 e.